The van der Waals surface area contributed by atoms with Crippen molar-refractivity contribution in [1.82, 2.24) is 4.90 Å². The Morgan fingerprint density at radius 3 is 2.55 bits per heavy atom. The zero-order valence-electron chi connectivity index (χ0n) is 12.7. The lowest BCUT2D eigenvalue weighted by atomic mass is 10.0. The molecule has 1 N–H and O–H groups in total. The number of anilines is 1. The number of para-hydroxylation sites is 1. The summed E-state index contributed by atoms with van der Waals surface area (Å²) in [5.74, 6) is -0.264. The first kappa shape index (κ1) is 14.6. The average Bonchev–Trinajstić information content (AvgIpc) is 2.55. The number of fused-ring (bicyclic) bond motifs is 1. The number of carbonyl (C=O) groups excluding carboxylic acids is 1. The van der Waals surface area contributed by atoms with Gasteiger partial charge < -0.3 is 10.2 Å². The monoisotopic (exact) mass is 298 g/mol. The fourth-order valence-electron chi connectivity index (χ4n) is 2.81. The van der Waals surface area contributed by atoms with Gasteiger partial charge in [0.1, 0.15) is 12.0 Å². The van der Waals surface area contributed by atoms with Crippen LogP contribution in [0.3, 0.4) is 0 Å². The first-order valence-electron chi connectivity index (χ1n) is 7.55. The lowest BCUT2D eigenvalue weighted by Crippen LogP contribution is -2.47. The second kappa shape index (κ2) is 5.79. The van der Waals surface area contributed by atoms with Gasteiger partial charge in [-0.1, -0.05) is 31.2 Å². The van der Waals surface area contributed by atoms with Gasteiger partial charge in [-0.15, -0.1) is 0 Å². The highest BCUT2D eigenvalue weighted by Crippen LogP contribution is 2.34. The third-order valence-electron chi connectivity index (χ3n) is 4.21. The summed E-state index contributed by atoms with van der Waals surface area (Å²) in [5.41, 5.74) is 2.38. The van der Waals surface area contributed by atoms with E-state index in [1.807, 2.05) is 36.1 Å². The molecule has 0 spiro atoms. The summed E-state index contributed by atoms with van der Waals surface area (Å²) in [6.45, 7) is 4.09. The maximum Gasteiger partial charge on any atom is 0.258 e. The molecule has 1 aliphatic heterocycles. The largest absolute Gasteiger partial charge is 0.361 e. The SMILES string of the molecule is CC[C@@H](C)N1C(=O)c2ccccc2N[C@H]1c1ccc(F)cc1. The van der Waals surface area contributed by atoms with Crippen LogP contribution in [0.4, 0.5) is 10.1 Å². The number of amides is 1. The highest BCUT2D eigenvalue weighted by Gasteiger charge is 2.35. The van der Waals surface area contributed by atoms with Crippen molar-refractivity contribution in [3.63, 3.8) is 0 Å². The first-order valence-corrected chi connectivity index (χ1v) is 7.55. The fraction of sp³-hybridized carbons (Fsp3) is 0.278. The van der Waals surface area contributed by atoms with Gasteiger partial charge in [0.15, 0.2) is 0 Å². The molecule has 0 unspecified atom stereocenters. The second-order valence-corrected chi connectivity index (χ2v) is 5.61. The number of hydrogen-bond donors (Lipinski definition) is 1. The predicted molar refractivity (Wildman–Crippen MR) is 85.1 cm³/mol. The summed E-state index contributed by atoms with van der Waals surface area (Å²) in [5, 5.41) is 3.41. The molecule has 0 fully saturated rings. The van der Waals surface area contributed by atoms with Crippen molar-refractivity contribution >= 4 is 11.6 Å². The minimum atomic E-state index is -0.280. The van der Waals surface area contributed by atoms with Gasteiger partial charge in [0, 0.05) is 11.7 Å². The van der Waals surface area contributed by atoms with Crippen molar-refractivity contribution in [1.29, 1.82) is 0 Å². The minimum Gasteiger partial charge on any atom is -0.361 e. The third-order valence-corrected chi connectivity index (χ3v) is 4.21. The Morgan fingerprint density at radius 2 is 1.86 bits per heavy atom. The maximum absolute atomic E-state index is 13.2. The second-order valence-electron chi connectivity index (χ2n) is 5.61. The molecule has 3 nitrogen and oxygen atoms in total. The molecule has 0 aromatic heterocycles. The van der Waals surface area contributed by atoms with Crippen molar-refractivity contribution in [2.45, 2.75) is 32.5 Å². The lowest BCUT2D eigenvalue weighted by molar-refractivity contribution is 0.0593. The van der Waals surface area contributed by atoms with E-state index in [9.17, 15) is 9.18 Å². The van der Waals surface area contributed by atoms with E-state index in [0.29, 0.717) is 5.56 Å². The normalized spacial score (nSPS) is 18.6. The molecule has 114 valence electrons. The topological polar surface area (TPSA) is 32.3 Å². The van der Waals surface area contributed by atoms with Crippen LogP contribution in [0.15, 0.2) is 48.5 Å². The van der Waals surface area contributed by atoms with Gasteiger partial charge in [0.2, 0.25) is 0 Å². The molecule has 3 rings (SSSR count). The molecule has 2 atom stereocenters. The Labute approximate surface area is 129 Å². The summed E-state index contributed by atoms with van der Waals surface area (Å²) >= 11 is 0. The lowest BCUT2D eigenvalue weighted by Gasteiger charge is -2.41. The number of rotatable bonds is 3. The Balaban J connectivity index is 2.06. The van der Waals surface area contributed by atoms with E-state index in [1.165, 1.54) is 12.1 Å². The minimum absolute atomic E-state index is 0.0121. The number of nitrogens with zero attached hydrogens (tertiary/aromatic N) is 1. The molecule has 4 heteroatoms. The number of halogens is 1. The van der Waals surface area contributed by atoms with Crippen LogP contribution in [0.2, 0.25) is 0 Å². The summed E-state index contributed by atoms with van der Waals surface area (Å²) in [7, 11) is 0. The van der Waals surface area contributed by atoms with E-state index in [4.69, 9.17) is 0 Å². The molecule has 0 saturated carbocycles. The molecule has 2 aromatic carbocycles. The van der Waals surface area contributed by atoms with Gasteiger partial charge in [0.05, 0.1) is 5.56 Å². The summed E-state index contributed by atoms with van der Waals surface area (Å²) in [4.78, 5) is 14.7. The molecular weight excluding hydrogens is 279 g/mol. The van der Waals surface area contributed by atoms with Crippen LogP contribution in [0.25, 0.3) is 0 Å². The summed E-state index contributed by atoms with van der Waals surface area (Å²) < 4.78 is 13.2. The molecule has 0 radical (unpaired) electrons. The number of nitrogens with one attached hydrogen (secondary N) is 1. The summed E-state index contributed by atoms with van der Waals surface area (Å²) in [6.07, 6.45) is 0.575. The molecule has 1 heterocycles. The zero-order chi connectivity index (χ0) is 15.7. The molecule has 0 saturated heterocycles. The van der Waals surface area contributed by atoms with Gasteiger partial charge in [0.25, 0.3) is 5.91 Å². The maximum atomic E-state index is 13.2. The van der Waals surface area contributed by atoms with Crippen molar-refractivity contribution in [3.05, 3.63) is 65.5 Å². The van der Waals surface area contributed by atoms with Crippen molar-refractivity contribution in [2.24, 2.45) is 0 Å². The van der Waals surface area contributed by atoms with Crippen molar-refractivity contribution in [2.75, 3.05) is 5.32 Å². The van der Waals surface area contributed by atoms with Crippen LogP contribution in [0, 0.1) is 5.82 Å². The fourth-order valence-corrected chi connectivity index (χ4v) is 2.81. The van der Waals surface area contributed by atoms with Crippen LogP contribution in [-0.4, -0.2) is 16.8 Å². The number of hydrogen-bond acceptors (Lipinski definition) is 2. The molecule has 2 aromatic rings. The molecule has 1 amide bonds. The Bertz CT molecular complexity index is 684. The Hall–Kier alpha value is -2.36. The van der Waals surface area contributed by atoms with Crippen LogP contribution in [-0.2, 0) is 0 Å². The van der Waals surface area contributed by atoms with Crippen LogP contribution < -0.4 is 5.32 Å². The van der Waals surface area contributed by atoms with Crippen LogP contribution in [0.5, 0.6) is 0 Å². The molecule has 1 aliphatic rings. The van der Waals surface area contributed by atoms with E-state index in [-0.39, 0.29) is 23.9 Å². The average molecular weight is 298 g/mol. The highest BCUT2D eigenvalue weighted by molar-refractivity contribution is 6.01. The molecule has 0 bridgehead atoms. The van der Waals surface area contributed by atoms with Crippen molar-refractivity contribution < 1.29 is 9.18 Å². The molecule has 0 aliphatic carbocycles. The molecular formula is C18H19FN2O. The first-order chi connectivity index (χ1) is 10.6. The van der Waals surface area contributed by atoms with Gasteiger partial charge in [-0.3, -0.25) is 4.79 Å². The Kier molecular flexibility index (Phi) is 3.84. The van der Waals surface area contributed by atoms with Crippen LogP contribution in [0.1, 0.15) is 42.4 Å². The summed E-state index contributed by atoms with van der Waals surface area (Å²) in [6, 6.07) is 13.9. The predicted octanol–water partition coefficient (Wildman–Crippen LogP) is 4.19. The van der Waals surface area contributed by atoms with Gasteiger partial charge in [-0.05, 0) is 43.2 Å². The van der Waals surface area contributed by atoms with Crippen LogP contribution >= 0.6 is 0 Å². The van der Waals surface area contributed by atoms with E-state index < -0.39 is 0 Å². The van der Waals surface area contributed by atoms with E-state index >= 15 is 0 Å². The van der Waals surface area contributed by atoms with E-state index in [0.717, 1.165) is 17.7 Å². The number of carbonyl (C=O) groups is 1. The van der Waals surface area contributed by atoms with Gasteiger partial charge >= 0.3 is 0 Å². The van der Waals surface area contributed by atoms with Gasteiger partial charge in [-0.2, -0.15) is 0 Å². The van der Waals surface area contributed by atoms with E-state index in [1.54, 1.807) is 12.1 Å². The zero-order valence-corrected chi connectivity index (χ0v) is 12.7. The van der Waals surface area contributed by atoms with Gasteiger partial charge in [-0.25, -0.2) is 4.39 Å². The third kappa shape index (κ3) is 2.45. The Morgan fingerprint density at radius 1 is 1.18 bits per heavy atom. The quantitative estimate of drug-likeness (QED) is 0.921. The standard InChI is InChI=1S/C18H19FN2O/c1-3-12(2)21-17(13-8-10-14(19)11-9-13)20-16-7-5-4-6-15(16)18(21)22/h4-12,17,20H,3H2,1-2H3/t12-,17-/m1/s1. The molecule has 22 heavy (non-hydrogen) atoms. The highest BCUT2D eigenvalue weighted by atomic mass is 19.1. The number of benzene rings is 2. The van der Waals surface area contributed by atoms with E-state index in [2.05, 4.69) is 12.2 Å². The smallest absolute Gasteiger partial charge is 0.258 e. The van der Waals surface area contributed by atoms with Crippen molar-refractivity contribution in [3.8, 4) is 0 Å².